The van der Waals surface area contributed by atoms with Crippen LogP contribution in [-0.2, 0) is 0 Å². The van der Waals surface area contributed by atoms with Gasteiger partial charge in [0.15, 0.2) is 0 Å². The molecular formula is C18H21NOS. The van der Waals surface area contributed by atoms with Gasteiger partial charge in [-0.15, -0.1) is 11.8 Å². The number of para-hydroxylation sites is 1. The molecule has 1 aliphatic heterocycles. The molecule has 2 unspecified atom stereocenters. The summed E-state index contributed by atoms with van der Waals surface area (Å²) in [5, 5.41) is 3.44. The quantitative estimate of drug-likeness (QED) is 0.921. The minimum Gasteiger partial charge on any atom is -0.486 e. The van der Waals surface area contributed by atoms with Gasteiger partial charge in [-0.2, -0.15) is 0 Å². The van der Waals surface area contributed by atoms with Gasteiger partial charge in [0.1, 0.15) is 11.9 Å². The van der Waals surface area contributed by atoms with E-state index in [1.165, 1.54) is 21.6 Å². The van der Waals surface area contributed by atoms with Crippen LogP contribution >= 0.6 is 11.8 Å². The van der Waals surface area contributed by atoms with Gasteiger partial charge in [-0.1, -0.05) is 35.9 Å². The Balaban J connectivity index is 1.88. The highest BCUT2D eigenvalue weighted by atomic mass is 32.2. The van der Waals surface area contributed by atoms with Gasteiger partial charge in [-0.25, -0.2) is 0 Å². The number of thioether (sulfide) groups is 1. The Morgan fingerprint density at radius 3 is 2.76 bits per heavy atom. The molecule has 1 N–H and O–H groups in total. The SMILES string of the molecule is CNC(c1ccc(C)cc1C)C1CSc2ccccc2O1. The van der Waals surface area contributed by atoms with E-state index in [1.807, 2.05) is 24.9 Å². The highest BCUT2D eigenvalue weighted by Gasteiger charge is 2.29. The first-order valence-corrected chi connectivity index (χ1v) is 8.30. The van der Waals surface area contributed by atoms with Crippen LogP contribution in [0.25, 0.3) is 0 Å². The Labute approximate surface area is 130 Å². The van der Waals surface area contributed by atoms with Gasteiger partial charge in [0.05, 0.1) is 6.04 Å². The number of rotatable bonds is 3. The van der Waals surface area contributed by atoms with Crippen LogP contribution in [0.3, 0.4) is 0 Å². The van der Waals surface area contributed by atoms with Gasteiger partial charge in [0, 0.05) is 10.6 Å². The second kappa shape index (κ2) is 6.12. The third-order valence-electron chi connectivity index (χ3n) is 3.97. The Kier molecular flexibility index (Phi) is 4.22. The molecule has 2 atom stereocenters. The average molecular weight is 299 g/mol. The van der Waals surface area contributed by atoms with E-state index < -0.39 is 0 Å². The first-order valence-electron chi connectivity index (χ1n) is 7.32. The van der Waals surface area contributed by atoms with E-state index >= 15 is 0 Å². The first-order chi connectivity index (χ1) is 10.2. The summed E-state index contributed by atoms with van der Waals surface area (Å²) in [6.07, 6.45) is 0.149. The Morgan fingerprint density at radius 2 is 2.00 bits per heavy atom. The lowest BCUT2D eigenvalue weighted by Crippen LogP contribution is -2.37. The topological polar surface area (TPSA) is 21.3 Å². The van der Waals surface area contributed by atoms with Crippen molar-refractivity contribution in [3.05, 3.63) is 59.2 Å². The number of nitrogens with one attached hydrogen (secondary N) is 1. The van der Waals surface area contributed by atoms with Gasteiger partial charge in [0.2, 0.25) is 0 Å². The van der Waals surface area contributed by atoms with Crippen LogP contribution in [0.15, 0.2) is 47.4 Å². The number of likely N-dealkylation sites (N-methyl/N-ethyl adjacent to an activating group) is 1. The molecule has 2 nitrogen and oxygen atoms in total. The van der Waals surface area contributed by atoms with Crippen LogP contribution in [0, 0.1) is 13.8 Å². The van der Waals surface area contributed by atoms with E-state index in [2.05, 4.69) is 55.6 Å². The normalized spacial score (nSPS) is 18.7. The third kappa shape index (κ3) is 2.94. The van der Waals surface area contributed by atoms with E-state index in [0.717, 1.165) is 11.5 Å². The van der Waals surface area contributed by atoms with Crippen molar-refractivity contribution in [3.8, 4) is 5.75 Å². The van der Waals surface area contributed by atoms with E-state index in [-0.39, 0.29) is 12.1 Å². The summed E-state index contributed by atoms with van der Waals surface area (Å²) in [6, 6.07) is 15.1. The number of ether oxygens (including phenoxy) is 1. The van der Waals surface area contributed by atoms with Gasteiger partial charge in [-0.3, -0.25) is 0 Å². The minimum absolute atomic E-state index is 0.149. The number of benzene rings is 2. The second-order valence-corrected chi connectivity index (χ2v) is 6.60. The van der Waals surface area contributed by atoms with Crippen LogP contribution in [0.4, 0.5) is 0 Å². The second-order valence-electron chi connectivity index (χ2n) is 5.54. The fraction of sp³-hybridized carbons (Fsp3) is 0.333. The lowest BCUT2D eigenvalue weighted by molar-refractivity contribution is 0.170. The molecule has 0 aromatic heterocycles. The number of aryl methyl sites for hydroxylation is 2. The lowest BCUT2D eigenvalue weighted by atomic mass is 9.96. The van der Waals surface area contributed by atoms with Crippen LogP contribution < -0.4 is 10.1 Å². The molecule has 3 rings (SSSR count). The first kappa shape index (κ1) is 14.5. The minimum atomic E-state index is 0.149. The molecule has 0 aliphatic carbocycles. The van der Waals surface area contributed by atoms with Crippen molar-refractivity contribution < 1.29 is 4.74 Å². The maximum atomic E-state index is 6.24. The summed E-state index contributed by atoms with van der Waals surface area (Å²) in [5.41, 5.74) is 3.95. The molecular weight excluding hydrogens is 278 g/mol. The maximum Gasteiger partial charge on any atom is 0.133 e. The van der Waals surface area contributed by atoms with Crippen molar-refractivity contribution in [2.75, 3.05) is 12.8 Å². The van der Waals surface area contributed by atoms with Gasteiger partial charge in [-0.05, 0) is 44.2 Å². The van der Waals surface area contributed by atoms with Crippen LogP contribution in [-0.4, -0.2) is 18.9 Å². The maximum absolute atomic E-state index is 6.24. The Morgan fingerprint density at radius 1 is 1.19 bits per heavy atom. The van der Waals surface area contributed by atoms with Crippen molar-refractivity contribution in [1.82, 2.24) is 5.32 Å². The molecule has 0 saturated heterocycles. The standard InChI is InChI=1S/C18H21NOS/c1-12-8-9-14(13(2)10-12)18(19-3)16-11-21-17-7-5-4-6-15(17)20-16/h4-10,16,18-19H,11H2,1-3H3. The summed E-state index contributed by atoms with van der Waals surface area (Å²) < 4.78 is 6.24. The van der Waals surface area contributed by atoms with Crippen LogP contribution in [0.1, 0.15) is 22.7 Å². The van der Waals surface area contributed by atoms with E-state index in [1.54, 1.807) is 0 Å². The third-order valence-corrected chi connectivity index (χ3v) is 5.12. The van der Waals surface area contributed by atoms with Crippen molar-refractivity contribution in [1.29, 1.82) is 0 Å². The van der Waals surface area contributed by atoms with E-state index in [0.29, 0.717) is 0 Å². The fourth-order valence-electron chi connectivity index (χ4n) is 2.92. The molecule has 0 amide bonds. The number of fused-ring (bicyclic) bond motifs is 1. The van der Waals surface area contributed by atoms with Crippen LogP contribution in [0.5, 0.6) is 5.75 Å². The molecule has 3 heteroatoms. The molecule has 2 aromatic carbocycles. The van der Waals surface area contributed by atoms with Gasteiger partial charge in [0.25, 0.3) is 0 Å². The average Bonchev–Trinajstić information content (AvgIpc) is 2.50. The molecule has 2 aromatic rings. The van der Waals surface area contributed by atoms with Gasteiger partial charge < -0.3 is 10.1 Å². The molecule has 0 spiro atoms. The number of hydrogen-bond acceptors (Lipinski definition) is 3. The molecule has 1 heterocycles. The zero-order valence-corrected chi connectivity index (χ0v) is 13.5. The zero-order chi connectivity index (χ0) is 14.8. The predicted octanol–water partition coefficient (Wildman–Crippen LogP) is 4.12. The molecule has 1 aliphatic rings. The summed E-state index contributed by atoms with van der Waals surface area (Å²) in [4.78, 5) is 1.24. The molecule has 0 fully saturated rings. The zero-order valence-electron chi connectivity index (χ0n) is 12.7. The smallest absolute Gasteiger partial charge is 0.133 e. The largest absolute Gasteiger partial charge is 0.486 e. The van der Waals surface area contributed by atoms with E-state index in [9.17, 15) is 0 Å². The van der Waals surface area contributed by atoms with Crippen molar-refractivity contribution >= 4 is 11.8 Å². The molecule has 0 saturated carbocycles. The summed E-state index contributed by atoms with van der Waals surface area (Å²) in [7, 11) is 2.01. The highest BCUT2D eigenvalue weighted by Crippen LogP contribution is 2.38. The summed E-state index contributed by atoms with van der Waals surface area (Å²) in [5.74, 6) is 1.97. The predicted molar refractivity (Wildman–Crippen MR) is 89.3 cm³/mol. The van der Waals surface area contributed by atoms with E-state index in [4.69, 9.17) is 4.74 Å². The Bertz CT molecular complexity index is 641. The lowest BCUT2D eigenvalue weighted by Gasteiger charge is -2.32. The van der Waals surface area contributed by atoms with Crippen LogP contribution in [0.2, 0.25) is 0 Å². The molecule has 0 bridgehead atoms. The monoisotopic (exact) mass is 299 g/mol. The molecule has 110 valence electrons. The fourth-order valence-corrected chi connectivity index (χ4v) is 3.95. The number of hydrogen-bond donors (Lipinski definition) is 1. The van der Waals surface area contributed by atoms with Crippen molar-refractivity contribution in [2.45, 2.75) is 30.9 Å². The molecule has 21 heavy (non-hydrogen) atoms. The molecule has 0 radical (unpaired) electrons. The summed E-state index contributed by atoms with van der Waals surface area (Å²) in [6.45, 7) is 4.31. The van der Waals surface area contributed by atoms with Crippen molar-refractivity contribution in [2.24, 2.45) is 0 Å². The van der Waals surface area contributed by atoms with Gasteiger partial charge >= 0.3 is 0 Å². The summed E-state index contributed by atoms with van der Waals surface area (Å²) >= 11 is 1.88. The Hall–Kier alpha value is -1.45. The highest BCUT2D eigenvalue weighted by molar-refractivity contribution is 7.99. The van der Waals surface area contributed by atoms with Crippen molar-refractivity contribution in [3.63, 3.8) is 0 Å².